The molecule has 8 nitrogen and oxygen atoms in total. The van der Waals surface area contributed by atoms with Crippen molar-refractivity contribution in [3.63, 3.8) is 0 Å². The second kappa shape index (κ2) is 10.8. The molecule has 4 rings (SSSR count). The van der Waals surface area contributed by atoms with E-state index >= 15 is 4.39 Å². The molecule has 0 aliphatic rings. The van der Waals surface area contributed by atoms with Crippen molar-refractivity contribution < 1.29 is 27.8 Å². The van der Waals surface area contributed by atoms with Crippen LogP contribution in [0.2, 0.25) is 5.02 Å². The van der Waals surface area contributed by atoms with Gasteiger partial charge in [-0.2, -0.15) is 4.90 Å². The van der Waals surface area contributed by atoms with Gasteiger partial charge in [-0.05, 0) is 83.0 Å². The number of ether oxygens (including phenoxy) is 2. The molecular weight excluding hydrogens is 542 g/mol. The first-order chi connectivity index (χ1) is 18.6. The molecule has 40 heavy (non-hydrogen) atoms. The van der Waals surface area contributed by atoms with Gasteiger partial charge in [0.2, 0.25) is 0 Å². The Morgan fingerprint density at radius 1 is 0.950 bits per heavy atom. The number of amides is 2. The molecule has 0 saturated heterocycles. The van der Waals surface area contributed by atoms with Crippen molar-refractivity contribution in [2.45, 2.75) is 59.2 Å². The fraction of sp³-hybridized carbons (Fsp3) is 0.310. The zero-order valence-electron chi connectivity index (χ0n) is 23.0. The highest BCUT2D eigenvalue weighted by Gasteiger charge is 2.36. The first-order valence-corrected chi connectivity index (χ1v) is 12.8. The van der Waals surface area contributed by atoms with Crippen LogP contribution < -0.4 is 4.90 Å². The number of hydrogen-bond acceptors (Lipinski definition) is 6. The van der Waals surface area contributed by atoms with Crippen LogP contribution in [0.1, 0.15) is 52.7 Å². The molecule has 0 radical (unpaired) electrons. The molecule has 0 aliphatic heterocycles. The fourth-order valence-corrected chi connectivity index (χ4v) is 4.13. The van der Waals surface area contributed by atoms with E-state index in [4.69, 9.17) is 21.1 Å². The van der Waals surface area contributed by atoms with E-state index in [1.54, 1.807) is 82.9 Å². The quantitative estimate of drug-likeness (QED) is 0.251. The van der Waals surface area contributed by atoms with Crippen LogP contribution in [0.4, 0.5) is 24.2 Å². The molecule has 210 valence electrons. The number of fused-ring (bicyclic) bond motifs is 1. The molecule has 2 amide bonds. The molecule has 11 heteroatoms. The van der Waals surface area contributed by atoms with E-state index in [-0.39, 0.29) is 22.7 Å². The van der Waals surface area contributed by atoms with Gasteiger partial charge in [-0.15, -0.1) is 0 Å². The third kappa shape index (κ3) is 6.39. The third-order valence-electron chi connectivity index (χ3n) is 5.56. The van der Waals surface area contributed by atoms with Crippen LogP contribution in [-0.2, 0) is 15.9 Å². The molecule has 0 fully saturated rings. The van der Waals surface area contributed by atoms with E-state index in [0.717, 1.165) is 0 Å². The van der Waals surface area contributed by atoms with E-state index in [1.165, 1.54) is 18.3 Å². The van der Waals surface area contributed by atoms with Gasteiger partial charge < -0.3 is 14.0 Å². The first kappa shape index (κ1) is 28.9. The maximum Gasteiger partial charge on any atom is 0.425 e. The highest BCUT2D eigenvalue weighted by atomic mass is 35.5. The predicted octanol–water partition coefficient (Wildman–Crippen LogP) is 7.62. The Morgan fingerprint density at radius 3 is 2.20 bits per heavy atom. The summed E-state index contributed by atoms with van der Waals surface area (Å²) in [5.41, 5.74) is -0.296. The fourth-order valence-electron chi connectivity index (χ4n) is 3.97. The number of carbonyl (C=O) groups is 2. The summed E-state index contributed by atoms with van der Waals surface area (Å²) >= 11 is 5.90. The summed E-state index contributed by atoms with van der Waals surface area (Å²) in [7, 11) is 0. The van der Waals surface area contributed by atoms with Crippen molar-refractivity contribution in [3.8, 4) is 5.69 Å². The van der Waals surface area contributed by atoms with Crippen LogP contribution in [0.3, 0.4) is 0 Å². The van der Waals surface area contributed by atoms with Crippen molar-refractivity contribution in [2.75, 3.05) is 4.90 Å². The maximum atomic E-state index is 15.9. The minimum Gasteiger partial charge on any atom is -0.443 e. The van der Waals surface area contributed by atoms with Crippen LogP contribution in [0, 0.1) is 11.6 Å². The Bertz CT molecular complexity index is 1560. The van der Waals surface area contributed by atoms with Crippen LogP contribution >= 0.6 is 11.6 Å². The molecule has 0 aliphatic carbocycles. The molecule has 0 N–H and O–H groups in total. The lowest BCUT2D eigenvalue weighted by Gasteiger charge is -2.28. The van der Waals surface area contributed by atoms with Gasteiger partial charge in [0, 0.05) is 35.4 Å². The minimum atomic E-state index is -1.13. The largest absolute Gasteiger partial charge is 0.443 e. The second-order valence-corrected chi connectivity index (χ2v) is 11.5. The Kier molecular flexibility index (Phi) is 7.85. The highest BCUT2D eigenvalue weighted by Crippen LogP contribution is 2.30. The molecule has 4 aromatic rings. The van der Waals surface area contributed by atoms with E-state index in [9.17, 15) is 14.0 Å². The van der Waals surface area contributed by atoms with Gasteiger partial charge in [0.05, 0.1) is 17.4 Å². The first-order valence-electron chi connectivity index (χ1n) is 12.4. The van der Waals surface area contributed by atoms with E-state index in [0.29, 0.717) is 21.4 Å². The average molecular weight is 571 g/mol. The average Bonchev–Trinajstić information content (AvgIpc) is 3.24. The van der Waals surface area contributed by atoms with E-state index in [2.05, 4.69) is 9.97 Å². The van der Waals surface area contributed by atoms with Crippen molar-refractivity contribution in [2.24, 2.45) is 0 Å². The summed E-state index contributed by atoms with van der Waals surface area (Å²) in [6, 6.07) is 7.57. The van der Waals surface area contributed by atoms with Crippen LogP contribution in [0.5, 0.6) is 0 Å². The molecule has 0 unspecified atom stereocenters. The van der Waals surface area contributed by atoms with E-state index in [1.807, 2.05) is 0 Å². The number of pyridine rings is 2. The van der Waals surface area contributed by atoms with Crippen molar-refractivity contribution in [1.82, 2.24) is 14.5 Å². The molecule has 0 bridgehead atoms. The smallest absolute Gasteiger partial charge is 0.425 e. The Labute approximate surface area is 235 Å². The number of carbonyl (C=O) groups excluding carboxylic acids is 2. The number of aromatic nitrogens is 3. The molecular formula is C29H29ClF2N4O4. The zero-order valence-corrected chi connectivity index (χ0v) is 23.7. The summed E-state index contributed by atoms with van der Waals surface area (Å²) in [6.07, 6.45) is 3.90. The van der Waals surface area contributed by atoms with Crippen LogP contribution in [-0.4, -0.2) is 37.9 Å². The number of halogens is 3. The number of benzene rings is 1. The normalized spacial score (nSPS) is 11.9. The SMILES string of the molecule is CC(C)(C)OC(=O)N(C(=O)OC(C)(C)C)c1nccc(Cc2cncc3c2ccn3-c2ccc(Cl)cc2F)c1F. The third-order valence-corrected chi connectivity index (χ3v) is 5.80. The highest BCUT2D eigenvalue weighted by molar-refractivity contribution is 6.30. The minimum absolute atomic E-state index is 0.0370. The van der Waals surface area contributed by atoms with Gasteiger partial charge in [0.25, 0.3) is 0 Å². The molecule has 0 spiro atoms. The topological polar surface area (TPSA) is 86.6 Å². The molecule has 1 aromatic carbocycles. The Hall–Kier alpha value is -4.05. The number of anilines is 1. The van der Waals surface area contributed by atoms with Crippen LogP contribution in [0.15, 0.2) is 55.1 Å². The standard InChI is InChI=1S/C29H29ClF2N4O4/c1-28(2,3)39-26(37)36(27(38)40-29(4,5)6)25-24(32)17(9-11-34-25)13-18-15-33-16-23-20(18)10-12-35(23)22-8-7-19(30)14-21(22)31/h7-12,14-16H,13H2,1-6H3. The van der Waals surface area contributed by atoms with E-state index < -0.39 is 40.8 Å². The molecule has 3 aromatic heterocycles. The number of rotatable bonds is 4. The van der Waals surface area contributed by atoms with Gasteiger partial charge in [0.1, 0.15) is 17.0 Å². The molecule has 0 saturated carbocycles. The molecule has 3 heterocycles. The second-order valence-electron chi connectivity index (χ2n) is 11.1. The van der Waals surface area contributed by atoms with Crippen LogP contribution in [0.25, 0.3) is 16.6 Å². The lowest BCUT2D eigenvalue weighted by molar-refractivity contribution is 0.0427. The number of hydrogen-bond donors (Lipinski definition) is 0. The van der Waals surface area contributed by atoms with Gasteiger partial charge in [-0.25, -0.2) is 23.4 Å². The number of imide groups is 1. The zero-order chi connectivity index (χ0) is 29.4. The summed E-state index contributed by atoms with van der Waals surface area (Å²) < 4.78 is 42.9. The molecule has 0 atom stereocenters. The summed E-state index contributed by atoms with van der Waals surface area (Å²) in [6.45, 7) is 9.71. The maximum absolute atomic E-state index is 15.9. The lowest BCUT2D eigenvalue weighted by Crippen LogP contribution is -2.44. The van der Waals surface area contributed by atoms with Gasteiger partial charge in [-0.3, -0.25) is 4.98 Å². The van der Waals surface area contributed by atoms with Crippen molar-refractivity contribution in [3.05, 3.63) is 82.9 Å². The summed E-state index contributed by atoms with van der Waals surface area (Å²) in [4.78, 5) is 34.7. The summed E-state index contributed by atoms with van der Waals surface area (Å²) in [5, 5.41) is 0.977. The lowest BCUT2D eigenvalue weighted by atomic mass is 10.0. The van der Waals surface area contributed by atoms with Crippen molar-refractivity contribution in [1.29, 1.82) is 0 Å². The Morgan fingerprint density at radius 2 is 1.60 bits per heavy atom. The predicted molar refractivity (Wildman–Crippen MR) is 148 cm³/mol. The number of nitrogens with zero attached hydrogens (tertiary/aromatic N) is 4. The van der Waals surface area contributed by atoms with Crippen molar-refractivity contribution >= 4 is 40.5 Å². The van der Waals surface area contributed by atoms with Gasteiger partial charge >= 0.3 is 12.2 Å². The van der Waals surface area contributed by atoms with Gasteiger partial charge in [0.15, 0.2) is 11.6 Å². The Balaban J connectivity index is 1.74. The van der Waals surface area contributed by atoms with Gasteiger partial charge in [-0.1, -0.05) is 11.6 Å². The summed E-state index contributed by atoms with van der Waals surface area (Å²) in [5.74, 6) is -1.97. The monoisotopic (exact) mass is 570 g/mol.